The first-order valence-corrected chi connectivity index (χ1v) is 8.26. The van der Waals surface area contributed by atoms with E-state index in [9.17, 15) is 9.59 Å². The maximum Gasteiger partial charge on any atom is 0.251 e. The van der Waals surface area contributed by atoms with E-state index >= 15 is 0 Å². The van der Waals surface area contributed by atoms with Crippen LogP contribution in [-0.4, -0.2) is 11.8 Å². The third kappa shape index (κ3) is 4.18. The summed E-state index contributed by atoms with van der Waals surface area (Å²) < 4.78 is 0. The smallest absolute Gasteiger partial charge is 0.251 e. The van der Waals surface area contributed by atoms with Crippen LogP contribution in [0.1, 0.15) is 48.0 Å². The van der Waals surface area contributed by atoms with Crippen molar-refractivity contribution in [3.63, 3.8) is 0 Å². The van der Waals surface area contributed by atoms with Gasteiger partial charge in [0.05, 0.1) is 6.04 Å². The second-order valence-corrected chi connectivity index (χ2v) is 5.91. The van der Waals surface area contributed by atoms with E-state index in [0.29, 0.717) is 17.7 Å². The Balaban J connectivity index is 2.09. The summed E-state index contributed by atoms with van der Waals surface area (Å²) in [6.45, 7) is 3.83. The van der Waals surface area contributed by atoms with Crippen molar-refractivity contribution in [3.05, 3.63) is 52.2 Å². The van der Waals surface area contributed by atoms with Gasteiger partial charge in [0.15, 0.2) is 0 Å². The number of hydrogen-bond acceptors (Lipinski definition) is 3. The highest BCUT2D eigenvalue weighted by Gasteiger charge is 2.15. The minimum Gasteiger partial charge on any atom is -0.344 e. The van der Waals surface area contributed by atoms with Gasteiger partial charge in [0, 0.05) is 22.5 Å². The monoisotopic (exact) mass is 316 g/mol. The molecule has 0 spiro atoms. The Morgan fingerprint density at radius 2 is 2.00 bits per heavy atom. The number of nitrogens with one attached hydrogen (secondary N) is 2. The van der Waals surface area contributed by atoms with E-state index in [1.807, 2.05) is 24.4 Å². The molecule has 2 N–H and O–H groups in total. The van der Waals surface area contributed by atoms with Crippen molar-refractivity contribution in [3.8, 4) is 0 Å². The number of benzene rings is 1. The fourth-order valence-corrected chi connectivity index (χ4v) is 2.95. The maximum absolute atomic E-state index is 12.4. The van der Waals surface area contributed by atoms with Gasteiger partial charge in [-0.1, -0.05) is 26.0 Å². The Bertz CT molecular complexity index is 638. The van der Waals surface area contributed by atoms with Gasteiger partial charge < -0.3 is 10.6 Å². The molecule has 1 aromatic heterocycles. The van der Waals surface area contributed by atoms with Crippen LogP contribution in [0, 0.1) is 0 Å². The first-order valence-electron chi connectivity index (χ1n) is 7.38. The number of amides is 2. The third-order valence-electron chi connectivity index (χ3n) is 3.33. The molecule has 0 saturated heterocycles. The Kier molecular flexibility index (Phi) is 5.72. The van der Waals surface area contributed by atoms with Gasteiger partial charge in [-0.05, 0) is 36.1 Å². The summed E-state index contributed by atoms with van der Waals surface area (Å²) in [4.78, 5) is 25.0. The van der Waals surface area contributed by atoms with Crippen LogP contribution >= 0.6 is 11.3 Å². The Hall–Kier alpha value is -2.14. The molecule has 22 heavy (non-hydrogen) atoms. The second-order valence-electron chi connectivity index (χ2n) is 4.93. The van der Waals surface area contributed by atoms with Gasteiger partial charge in [-0.25, -0.2) is 0 Å². The number of thiophene rings is 1. The summed E-state index contributed by atoms with van der Waals surface area (Å²) in [6.07, 6.45) is 1.24. The molecule has 0 saturated carbocycles. The summed E-state index contributed by atoms with van der Waals surface area (Å²) in [5.74, 6) is -0.199. The zero-order valence-corrected chi connectivity index (χ0v) is 13.6. The van der Waals surface area contributed by atoms with Crippen LogP contribution in [-0.2, 0) is 4.79 Å². The van der Waals surface area contributed by atoms with Crippen LogP contribution in [0.2, 0.25) is 0 Å². The van der Waals surface area contributed by atoms with E-state index < -0.39 is 0 Å². The number of hydrogen-bond donors (Lipinski definition) is 2. The summed E-state index contributed by atoms with van der Waals surface area (Å²) in [5.41, 5.74) is 1.19. The third-order valence-corrected chi connectivity index (χ3v) is 4.32. The lowest BCUT2D eigenvalue weighted by Gasteiger charge is -2.16. The van der Waals surface area contributed by atoms with Crippen LogP contribution < -0.4 is 10.6 Å². The predicted molar refractivity (Wildman–Crippen MR) is 90.2 cm³/mol. The molecule has 0 fully saturated rings. The topological polar surface area (TPSA) is 58.2 Å². The van der Waals surface area contributed by atoms with E-state index in [1.165, 1.54) is 0 Å². The molecule has 1 atom stereocenters. The van der Waals surface area contributed by atoms with Crippen molar-refractivity contribution >= 4 is 28.8 Å². The average Bonchev–Trinajstić information content (AvgIpc) is 3.06. The highest BCUT2D eigenvalue weighted by Crippen LogP contribution is 2.22. The molecule has 0 bridgehead atoms. The SMILES string of the molecule is CCC(=O)Nc1cccc(C(=O)N[C@H](CC)c2cccs2)c1. The van der Waals surface area contributed by atoms with Crippen molar-refractivity contribution in [1.29, 1.82) is 0 Å². The fourth-order valence-electron chi connectivity index (χ4n) is 2.09. The van der Waals surface area contributed by atoms with E-state index in [1.54, 1.807) is 42.5 Å². The van der Waals surface area contributed by atoms with Crippen LogP contribution in [0.4, 0.5) is 5.69 Å². The molecule has 5 heteroatoms. The first-order chi connectivity index (χ1) is 10.6. The molecule has 116 valence electrons. The zero-order chi connectivity index (χ0) is 15.9. The van der Waals surface area contributed by atoms with Gasteiger partial charge in [0.1, 0.15) is 0 Å². The van der Waals surface area contributed by atoms with Crippen molar-refractivity contribution < 1.29 is 9.59 Å². The number of carbonyl (C=O) groups is 2. The average molecular weight is 316 g/mol. The Morgan fingerprint density at radius 1 is 1.18 bits per heavy atom. The van der Waals surface area contributed by atoms with Gasteiger partial charge in [0.2, 0.25) is 5.91 Å². The van der Waals surface area contributed by atoms with E-state index in [2.05, 4.69) is 10.6 Å². The van der Waals surface area contributed by atoms with Gasteiger partial charge >= 0.3 is 0 Å². The van der Waals surface area contributed by atoms with E-state index in [-0.39, 0.29) is 17.9 Å². The van der Waals surface area contributed by atoms with Crippen LogP contribution in [0.25, 0.3) is 0 Å². The Morgan fingerprint density at radius 3 is 2.64 bits per heavy atom. The molecule has 0 aliphatic carbocycles. The Labute approximate surface area is 134 Å². The molecule has 0 radical (unpaired) electrons. The van der Waals surface area contributed by atoms with E-state index in [4.69, 9.17) is 0 Å². The van der Waals surface area contributed by atoms with E-state index in [0.717, 1.165) is 11.3 Å². The number of carbonyl (C=O) groups excluding carboxylic acids is 2. The molecule has 2 amide bonds. The largest absolute Gasteiger partial charge is 0.344 e. The van der Waals surface area contributed by atoms with Crippen molar-refractivity contribution in [1.82, 2.24) is 5.32 Å². The standard InChI is InChI=1S/C17H20N2O2S/c1-3-14(15-9-6-10-22-15)19-17(21)12-7-5-8-13(11-12)18-16(20)4-2/h5-11,14H,3-4H2,1-2H3,(H,18,20)(H,19,21)/t14-/m1/s1. The first kappa shape index (κ1) is 16.2. The minimum absolute atomic E-state index is 0.0152. The molecule has 0 aliphatic rings. The van der Waals surface area contributed by atoms with Crippen molar-refractivity contribution in [2.45, 2.75) is 32.7 Å². The number of rotatable bonds is 6. The predicted octanol–water partition coefficient (Wildman–Crippen LogP) is 3.98. The lowest BCUT2D eigenvalue weighted by Crippen LogP contribution is -2.27. The number of anilines is 1. The summed E-state index contributed by atoms with van der Waals surface area (Å²) in [5, 5.41) is 7.81. The lowest BCUT2D eigenvalue weighted by molar-refractivity contribution is -0.115. The minimum atomic E-state index is -0.132. The molecule has 1 aromatic carbocycles. The maximum atomic E-state index is 12.4. The highest BCUT2D eigenvalue weighted by atomic mass is 32.1. The summed E-state index contributed by atoms with van der Waals surface area (Å²) in [6, 6.07) is 11.0. The molecular formula is C17H20N2O2S. The van der Waals surface area contributed by atoms with Crippen molar-refractivity contribution in [2.75, 3.05) is 5.32 Å². The van der Waals surface area contributed by atoms with Gasteiger partial charge in [-0.3, -0.25) is 9.59 Å². The molecule has 0 aliphatic heterocycles. The highest BCUT2D eigenvalue weighted by molar-refractivity contribution is 7.10. The molecule has 2 rings (SSSR count). The molecule has 0 unspecified atom stereocenters. The second kappa shape index (κ2) is 7.75. The van der Waals surface area contributed by atoms with Crippen LogP contribution in [0.3, 0.4) is 0 Å². The molecule has 4 nitrogen and oxygen atoms in total. The fraction of sp³-hybridized carbons (Fsp3) is 0.294. The lowest BCUT2D eigenvalue weighted by atomic mass is 10.1. The van der Waals surface area contributed by atoms with Crippen LogP contribution in [0.5, 0.6) is 0 Å². The van der Waals surface area contributed by atoms with Gasteiger partial charge in [0.25, 0.3) is 5.91 Å². The normalized spacial score (nSPS) is 11.7. The van der Waals surface area contributed by atoms with Gasteiger partial charge in [-0.15, -0.1) is 11.3 Å². The van der Waals surface area contributed by atoms with Gasteiger partial charge in [-0.2, -0.15) is 0 Å². The molecule has 2 aromatic rings. The summed E-state index contributed by atoms with van der Waals surface area (Å²) >= 11 is 1.64. The zero-order valence-electron chi connectivity index (χ0n) is 12.8. The molecule has 1 heterocycles. The quantitative estimate of drug-likeness (QED) is 0.847. The van der Waals surface area contributed by atoms with Crippen LogP contribution in [0.15, 0.2) is 41.8 Å². The molecular weight excluding hydrogens is 296 g/mol. The summed E-state index contributed by atoms with van der Waals surface area (Å²) in [7, 11) is 0. The van der Waals surface area contributed by atoms with Crippen molar-refractivity contribution in [2.24, 2.45) is 0 Å².